The zero-order chi connectivity index (χ0) is 8.27. The van der Waals surface area contributed by atoms with Crippen LogP contribution in [0.25, 0.3) is 6.08 Å². The van der Waals surface area contributed by atoms with Crippen molar-refractivity contribution in [1.82, 2.24) is 4.98 Å². The summed E-state index contributed by atoms with van der Waals surface area (Å²) in [7, 11) is 0. The maximum Gasteiger partial charge on any atom is 0.229 e. The third-order valence-corrected chi connectivity index (χ3v) is 1.29. The highest BCUT2D eigenvalue weighted by Crippen LogP contribution is 2.16. The molecule has 1 rings (SSSR count). The van der Waals surface area contributed by atoms with Crippen LogP contribution in [0, 0.1) is 11.3 Å². The molecule has 3 heteroatoms. The lowest BCUT2D eigenvalue weighted by molar-refractivity contribution is 0.451. The summed E-state index contributed by atoms with van der Waals surface area (Å²) in [6, 6.07) is 3.45. The zero-order valence-corrected chi connectivity index (χ0v) is 5.78. The molecule has 0 aromatic carbocycles. The summed E-state index contributed by atoms with van der Waals surface area (Å²) in [6.45, 7) is 3.49. The molecule has 54 valence electrons. The molecule has 0 unspecified atom stereocenters. The van der Waals surface area contributed by atoms with Gasteiger partial charge in [-0.05, 0) is 11.6 Å². The molecule has 11 heavy (non-hydrogen) atoms. The second-order valence-corrected chi connectivity index (χ2v) is 1.91. The molecule has 0 fully saturated rings. The molecular formula is C8H6N2O. The van der Waals surface area contributed by atoms with Gasteiger partial charge in [-0.2, -0.15) is 5.26 Å². The Hall–Kier alpha value is -1.82. The normalized spacial score (nSPS) is 8.64. The molecule has 0 amide bonds. The summed E-state index contributed by atoms with van der Waals surface area (Å²) in [5.41, 5.74) is 0.766. The summed E-state index contributed by atoms with van der Waals surface area (Å²) in [6.07, 6.45) is 2.92. The number of aromatic nitrogens is 1. The van der Waals surface area contributed by atoms with Crippen molar-refractivity contribution in [2.75, 3.05) is 0 Å². The van der Waals surface area contributed by atoms with Crippen LogP contribution < -0.4 is 0 Å². The van der Waals surface area contributed by atoms with Crippen LogP contribution in [0.15, 0.2) is 18.8 Å². The van der Waals surface area contributed by atoms with Gasteiger partial charge < -0.3 is 5.11 Å². The summed E-state index contributed by atoms with van der Waals surface area (Å²) in [5, 5.41) is 17.6. The van der Waals surface area contributed by atoms with Crippen molar-refractivity contribution in [2.24, 2.45) is 0 Å². The molecule has 1 heterocycles. The Bertz CT molecular complexity index is 325. The van der Waals surface area contributed by atoms with E-state index in [0.29, 0.717) is 5.56 Å². The first-order chi connectivity index (χ1) is 5.29. The van der Waals surface area contributed by atoms with Crippen molar-refractivity contribution in [2.45, 2.75) is 0 Å². The van der Waals surface area contributed by atoms with Gasteiger partial charge in [0.2, 0.25) is 5.88 Å². The van der Waals surface area contributed by atoms with Gasteiger partial charge in [0, 0.05) is 6.20 Å². The SMILES string of the molecule is C=Cc1ccnc(O)c1C#N. The van der Waals surface area contributed by atoms with Gasteiger partial charge in [0.05, 0.1) is 0 Å². The smallest absolute Gasteiger partial charge is 0.229 e. The Balaban J connectivity index is 3.38. The van der Waals surface area contributed by atoms with Crippen LogP contribution in [0.3, 0.4) is 0 Å². The van der Waals surface area contributed by atoms with E-state index in [1.54, 1.807) is 6.07 Å². The van der Waals surface area contributed by atoms with E-state index in [1.165, 1.54) is 12.3 Å². The minimum Gasteiger partial charge on any atom is -0.492 e. The van der Waals surface area contributed by atoms with Gasteiger partial charge in [0.15, 0.2) is 0 Å². The molecule has 0 spiro atoms. The fourth-order valence-electron chi connectivity index (χ4n) is 0.750. The molecule has 0 aliphatic rings. The minimum absolute atomic E-state index is 0.169. The van der Waals surface area contributed by atoms with Crippen LogP contribution in [0.5, 0.6) is 5.88 Å². The highest BCUT2D eigenvalue weighted by Gasteiger charge is 2.03. The van der Waals surface area contributed by atoms with Crippen LogP contribution in [-0.4, -0.2) is 10.1 Å². The van der Waals surface area contributed by atoms with E-state index in [2.05, 4.69) is 11.6 Å². The standard InChI is InChI=1S/C8H6N2O/c1-2-6-3-4-10-8(11)7(6)5-9/h2-4H,1H2,(H,10,11). The van der Waals surface area contributed by atoms with E-state index >= 15 is 0 Å². The summed E-state index contributed by atoms with van der Waals surface area (Å²) < 4.78 is 0. The maximum absolute atomic E-state index is 9.04. The van der Waals surface area contributed by atoms with Gasteiger partial charge >= 0.3 is 0 Å². The largest absolute Gasteiger partial charge is 0.492 e. The first kappa shape index (κ1) is 7.29. The molecule has 0 bridgehead atoms. The molecule has 0 atom stereocenters. The van der Waals surface area contributed by atoms with Crippen LogP contribution in [-0.2, 0) is 0 Å². The molecule has 1 aromatic rings. The third kappa shape index (κ3) is 1.19. The fourth-order valence-corrected chi connectivity index (χ4v) is 0.750. The molecular weight excluding hydrogens is 140 g/mol. The van der Waals surface area contributed by atoms with E-state index in [4.69, 9.17) is 10.4 Å². The topological polar surface area (TPSA) is 56.9 Å². The Morgan fingerprint density at radius 2 is 2.45 bits per heavy atom. The van der Waals surface area contributed by atoms with E-state index in [1.807, 2.05) is 6.07 Å². The van der Waals surface area contributed by atoms with Crippen LogP contribution in [0.1, 0.15) is 11.1 Å². The number of rotatable bonds is 1. The molecule has 0 saturated carbocycles. The molecule has 0 saturated heterocycles. The van der Waals surface area contributed by atoms with Gasteiger partial charge in [-0.25, -0.2) is 4.98 Å². The van der Waals surface area contributed by atoms with Gasteiger partial charge in [0.25, 0.3) is 0 Å². The molecule has 0 radical (unpaired) electrons. The summed E-state index contributed by atoms with van der Waals surface area (Å²) in [5.74, 6) is -0.245. The first-order valence-electron chi connectivity index (χ1n) is 3.00. The quantitative estimate of drug-likeness (QED) is 0.649. The van der Waals surface area contributed by atoms with Crippen molar-refractivity contribution in [3.05, 3.63) is 30.0 Å². The van der Waals surface area contributed by atoms with Gasteiger partial charge in [-0.15, -0.1) is 0 Å². The van der Waals surface area contributed by atoms with Gasteiger partial charge in [0.1, 0.15) is 11.6 Å². The maximum atomic E-state index is 9.04. The van der Waals surface area contributed by atoms with Crippen LogP contribution in [0.4, 0.5) is 0 Å². The Labute approximate surface area is 64.2 Å². The number of hydrogen-bond acceptors (Lipinski definition) is 3. The van der Waals surface area contributed by atoms with E-state index in [-0.39, 0.29) is 11.4 Å². The summed E-state index contributed by atoms with van der Waals surface area (Å²) in [4.78, 5) is 3.54. The van der Waals surface area contributed by atoms with Crippen LogP contribution in [0.2, 0.25) is 0 Å². The predicted octanol–water partition coefficient (Wildman–Crippen LogP) is 1.30. The third-order valence-electron chi connectivity index (χ3n) is 1.29. The minimum atomic E-state index is -0.245. The Kier molecular flexibility index (Phi) is 1.88. The molecule has 1 N–H and O–H groups in total. The highest BCUT2D eigenvalue weighted by atomic mass is 16.3. The van der Waals surface area contributed by atoms with Crippen molar-refractivity contribution >= 4 is 6.08 Å². The number of aromatic hydroxyl groups is 1. The van der Waals surface area contributed by atoms with Crippen molar-refractivity contribution in [3.8, 4) is 11.9 Å². The number of nitriles is 1. The van der Waals surface area contributed by atoms with Crippen molar-refractivity contribution in [1.29, 1.82) is 5.26 Å². The molecule has 0 aliphatic heterocycles. The van der Waals surface area contributed by atoms with E-state index < -0.39 is 0 Å². The number of nitrogens with zero attached hydrogens (tertiary/aromatic N) is 2. The lowest BCUT2D eigenvalue weighted by Gasteiger charge is -1.96. The van der Waals surface area contributed by atoms with Crippen LogP contribution >= 0.6 is 0 Å². The molecule has 1 aromatic heterocycles. The Morgan fingerprint density at radius 1 is 1.73 bits per heavy atom. The van der Waals surface area contributed by atoms with E-state index in [9.17, 15) is 0 Å². The van der Waals surface area contributed by atoms with Crippen molar-refractivity contribution in [3.63, 3.8) is 0 Å². The van der Waals surface area contributed by atoms with Crippen molar-refractivity contribution < 1.29 is 5.11 Å². The average molecular weight is 146 g/mol. The lowest BCUT2D eigenvalue weighted by atomic mass is 10.1. The highest BCUT2D eigenvalue weighted by molar-refractivity contribution is 5.58. The molecule has 0 aliphatic carbocycles. The second kappa shape index (κ2) is 2.84. The average Bonchev–Trinajstić information content (AvgIpc) is 2.04. The predicted molar refractivity (Wildman–Crippen MR) is 40.7 cm³/mol. The number of hydrogen-bond donors (Lipinski definition) is 1. The zero-order valence-electron chi connectivity index (χ0n) is 5.78. The fraction of sp³-hybridized carbons (Fsp3) is 0. The monoisotopic (exact) mass is 146 g/mol. The second-order valence-electron chi connectivity index (χ2n) is 1.91. The summed E-state index contributed by atoms with van der Waals surface area (Å²) >= 11 is 0. The van der Waals surface area contributed by atoms with Gasteiger partial charge in [-0.3, -0.25) is 0 Å². The first-order valence-corrected chi connectivity index (χ1v) is 3.00. The van der Waals surface area contributed by atoms with Gasteiger partial charge in [-0.1, -0.05) is 12.7 Å². The Morgan fingerprint density at radius 3 is 2.91 bits per heavy atom. The number of pyridine rings is 1. The lowest BCUT2D eigenvalue weighted by Crippen LogP contribution is -1.84. The molecule has 3 nitrogen and oxygen atoms in total. The van der Waals surface area contributed by atoms with E-state index in [0.717, 1.165) is 0 Å².